The fourth-order valence-corrected chi connectivity index (χ4v) is 1.04. The van der Waals surface area contributed by atoms with Gasteiger partial charge < -0.3 is 9.84 Å². The molecule has 0 spiro atoms. The summed E-state index contributed by atoms with van der Waals surface area (Å²) in [6, 6.07) is 7.24. The van der Waals surface area contributed by atoms with Crippen LogP contribution in [0.5, 0.6) is 0 Å². The first-order valence-corrected chi connectivity index (χ1v) is 4.45. The molecule has 0 aliphatic rings. The molecule has 0 bridgehead atoms. The van der Waals surface area contributed by atoms with Crippen molar-refractivity contribution in [2.24, 2.45) is 0 Å². The van der Waals surface area contributed by atoms with E-state index in [0.29, 0.717) is 6.61 Å². The smallest absolute Gasteiger partial charge is 0.851 e. The monoisotopic (exact) mass is 232 g/mol. The van der Waals surface area contributed by atoms with E-state index in [4.69, 9.17) is 4.74 Å². The molecule has 0 amide bonds. The second kappa shape index (κ2) is 8.58. The van der Waals surface area contributed by atoms with Crippen LogP contribution in [0.4, 0.5) is 0 Å². The number of benzene rings is 1. The van der Waals surface area contributed by atoms with Crippen LogP contribution in [0.15, 0.2) is 24.3 Å². The van der Waals surface area contributed by atoms with Gasteiger partial charge in [0.1, 0.15) is 6.61 Å². The molecule has 1 aromatic rings. The zero-order chi connectivity index (χ0) is 10.4. The van der Waals surface area contributed by atoms with Crippen LogP contribution in [0.2, 0.25) is 0 Å². The predicted octanol–water partition coefficient (Wildman–Crippen LogP) is -2.34. The van der Waals surface area contributed by atoms with Crippen molar-refractivity contribution >= 4 is 5.78 Å². The maximum atomic E-state index is 10.6. The van der Waals surface area contributed by atoms with Gasteiger partial charge >= 0.3 is 51.4 Å². The number of hydrogen-bond acceptors (Lipinski definition) is 3. The van der Waals surface area contributed by atoms with Gasteiger partial charge in [0.05, 0.1) is 6.61 Å². The van der Waals surface area contributed by atoms with Gasteiger partial charge in [0.15, 0.2) is 5.78 Å². The van der Waals surface area contributed by atoms with Crippen molar-refractivity contribution in [1.29, 1.82) is 0 Å². The Kier molecular flexibility index (Phi) is 8.84. The summed E-state index contributed by atoms with van der Waals surface area (Å²) in [5.41, 5.74) is 1.74. The van der Waals surface area contributed by atoms with Crippen molar-refractivity contribution in [3.63, 3.8) is 0 Å². The molecular weight excluding hydrogens is 219 g/mol. The summed E-state index contributed by atoms with van der Waals surface area (Å²) < 4.78 is 5.13. The van der Waals surface area contributed by atoms with Crippen LogP contribution in [-0.4, -0.2) is 12.4 Å². The van der Waals surface area contributed by atoms with E-state index in [1.54, 1.807) is 12.1 Å². The standard InChI is InChI=1S/C11H13O3.K/c1-9(13)7-14-8-11-4-2-10(6-12)3-5-11;/h2-5H,6-8H2,1H3;/q-1;+1. The summed E-state index contributed by atoms with van der Waals surface area (Å²) in [7, 11) is 0. The van der Waals surface area contributed by atoms with Crippen LogP contribution in [0.1, 0.15) is 18.1 Å². The second-order valence-electron chi connectivity index (χ2n) is 3.16. The van der Waals surface area contributed by atoms with E-state index < -0.39 is 0 Å². The Morgan fingerprint density at radius 3 is 2.27 bits per heavy atom. The number of Topliss-reactive ketones (excluding diaryl/α,β-unsaturated/α-hetero) is 1. The number of ketones is 1. The Morgan fingerprint density at radius 2 is 1.80 bits per heavy atom. The average molecular weight is 232 g/mol. The molecule has 0 unspecified atom stereocenters. The molecule has 15 heavy (non-hydrogen) atoms. The average Bonchev–Trinajstić information content (AvgIpc) is 2.18. The van der Waals surface area contributed by atoms with E-state index in [1.165, 1.54) is 6.92 Å². The van der Waals surface area contributed by atoms with E-state index >= 15 is 0 Å². The molecule has 0 fully saturated rings. The van der Waals surface area contributed by atoms with Crippen LogP contribution in [0.25, 0.3) is 0 Å². The SMILES string of the molecule is CC(=O)COCc1ccc(C[O-])cc1.[K+]. The van der Waals surface area contributed by atoms with Gasteiger partial charge in [-0.3, -0.25) is 4.79 Å². The first-order chi connectivity index (χ1) is 6.72. The Balaban J connectivity index is 0.00000196. The first-order valence-electron chi connectivity index (χ1n) is 4.45. The minimum atomic E-state index is -0.200. The van der Waals surface area contributed by atoms with E-state index in [-0.39, 0.29) is 70.4 Å². The molecular formula is C11H13KO3. The third-order valence-electron chi connectivity index (χ3n) is 1.76. The Hall–Kier alpha value is 0.446. The van der Waals surface area contributed by atoms with Gasteiger partial charge in [-0.15, -0.1) is 6.61 Å². The van der Waals surface area contributed by atoms with Gasteiger partial charge in [0, 0.05) is 0 Å². The minimum absolute atomic E-state index is 0. The fraction of sp³-hybridized carbons (Fsp3) is 0.364. The quantitative estimate of drug-likeness (QED) is 0.534. The van der Waals surface area contributed by atoms with Crippen LogP contribution in [-0.2, 0) is 22.7 Å². The van der Waals surface area contributed by atoms with E-state index in [9.17, 15) is 9.90 Å². The number of hydrogen-bond donors (Lipinski definition) is 0. The molecule has 1 rings (SSSR count). The predicted molar refractivity (Wildman–Crippen MR) is 50.5 cm³/mol. The maximum absolute atomic E-state index is 10.6. The van der Waals surface area contributed by atoms with Crippen molar-refractivity contribution in [1.82, 2.24) is 0 Å². The van der Waals surface area contributed by atoms with Gasteiger partial charge in [-0.05, 0) is 12.5 Å². The fourth-order valence-electron chi connectivity index (χ4n) is 1.04. The molecule has 0 N–H and O–H groups in total. The molecule has 4 heteroatoms. The molecule has 1 aromatic carbocycles. The van der Waals surface area contributed by atoms with Crippen molar-refractivity contribution in [3.05, 3.63) is 35.4 Å². The molecule has 0 saturated carbocycles. The van der Waals surface area contributed by atoms with Gasteiger partial charge in [-0.2, -0.15) is 0 Å². The number of rotatable bonds is 5. The Bertz CT molecular complexity index is 295. The second-order valence-corrected chi connectivity index (χ2v) is 3.16. The van der Waals surface area contributed by atoms with Crippen molar-refractivity contribution in [2.45, 2.75) is 20.1 Å². The van der Waals surface area contributed by atoms with Crippen LogP contribution in [0, 0.1) is 0 Å². The first kappa shape index (κ1) is 15.4. The summed E-state index contributed by atoms with van der Waals surface area (Å²) >= 11 is 0. The molecule has 76 valence electrons. The Morgan fingerprint density at radius 1 is 1.27 bits per heavy atom. The van der Waals surface area contributed by atoms with Crippen molar-refractivity contribution in [2.75, 3.05) is 6.61 Å². The zero-order valence-corrected chi connectivity index (χ0v) is 12.3. The van der Waals surface area contributed by atoms with Crippen LogP contribution >= 0.6 is 0 Å². The topological polar surface area (TPSA) is 49.4 Å². The van der Waals surface area contributed by atoms with Crippen molar-refractivity contribution in [3.8, 4) is 0 Å². The van der Waals surface area contributed by atoms with Crippen LogP contribution in [0.3, 0.4) is 0 Å². The van der Waals surface area contributed by atoms with Crippen LogP contribution < -0.4 is 56.5 Å². The normalized spacial score (nSPS) is 9.47. The summed E-state index contributed by atoms with van der Waals surface area (Å²) in [4.78, 5) is 10.6. The van der Waals surface area contributed by atoms with Crippen molar-refractivity contribution < 1.29 is 66.0 Å². The molecule has 0 heterocycles. The number of carbonyl (C=O) groups is 1. The minimum Gasteiger partial charge on any atom is -0.851 e. The van der Waals surface area contributed by atoms with Gasteiger partial charge in [0.25, 0.3) is 0 Å². The summed E-state index contributed by atoms with van der Waals surface area (Å²) in [6.07, 6.45) is 0. The van der Waals surface area contributed by atoms with Gasteiger partial charge in [0.2, 0.25) is 0 Å². The Labute approximate surface area is 132 Å². The van der Waals surface area contributed by atoms with E-state index in [1.807, 2.05) is 12.1 Å². The summed E-state index contributed by atoms with van der Waals surface area (Å²) in [5.74, 6) is 0.0150. The third kappa shape index (κ3) is 6.58. The largest absolute Gasteiger partial charge is 1.00 e. The van der Waals surface area contributed by atoms with E-state index in [2.05, 4.69) is 0 Å². The molecule has 0 saturated heterocycles. The zero-order valence-electron chi connectivity index (χ0n) is 9.16. The molecule has 0 aliphatic heterocycles. The summed E-state index contributed by atoms with van der Waals surface area (Å²) in [5, 5.41) is 10.5. The molecule has 0 aliphatic carbocycles. The molecule has 0 radical (unpaired) electrons. The molecule has 0 aromatic heterocycles. The van der Waals surface area contributed by atoms with E-state index in [0.717, 1.165) is 11.1 Å². The third-order valence-corrected chi connectivity index (χ3v) is 1.76. The van der Waals surface area contributed by atoms with Gasteiger partial charge in [-0.1, -0.05) is 29.8 Å². The summed E-state index contributed by atoms with van der Waals surface area (Å²) in [6.45, 7) is 1.84. The molecule has 0 atom stereocenters. The number of carbonyl (C=O) groups excluding carboxylic acids is 1. The molecule has 3 nitrogen and oxygen atoms in total. The van der Waals surface area contributed by atoms with Gasteiger partial charge in [-0.25, -0.2) is 0 Å². The maximum Gasteiger partial charge on any atom is 1.00 e. The number of ether oxygens (including phenoxy) is 1.